The van der Waals surface area contributed by atoms with Gasteiger partial charge in [-0.05, 0) is 35.1 Å². The van der Waals surface area contributed by atoms with E-state index in [1.165, 1.54) is 5.69 Å². The number of furan rings is 1. The summed E-state index contributed by atoms with van der Waals surface area (Å²) < 4.78 is 8.70. The van der Waals surface area contributed by atoms with Crippen LogP contribution in [0.15, 0.2) is 27.4 Å². The molecule has 4 nitrogen and oxygen atoms in total. The van der Waals surface area contributed by atoms with Crippen molar-refractivity contribution in [3.05, 3.63) is 40.3 Å². The smallest absolute Gasteiger partial charge is 0.128 e. The van der Waals surface area contributed by atoms with E-state index < -0.39 is 0 Å². The van der Waals surface area contributed by atoms with Gasteiger partial charge in [-0.2, -0.15) is 0 Å². The van der Waals surface area contributed by atoms with Gasteiger partial charge in [0.15, 0.2) is 0 Å². The molecule has 0 spiro atoms. The molecule has 96 valence electrons. The molecule has 0 bridgehead atoms. The minimum atomic E-state index is 0.908. The molecule has 0 aromatic carbocycles. The highest BCUT2D eigenvalue weighted by Gasteiger charge is 2.20. The van der Waals surface area contributed by atoms with E-state index in [9.17, 15) is 0 Å². The van der Waals surface area contributed by atoms with Crippen molar-refractivity contribution < 1.29 is 4.42 Å². The fourth-order valence-electron chi connectivity index (χ4n) is 2.41. The maximum absolute atomic E-state index is 5.37. The van der Waals surface area contributed by atoms with Crippen LogP contribution in [0.3, 0.4) is 0 Å². The second kappa shape index (κ2) is 4.90. The molecule has 18 heavy (non-hydrogen) atoms. The first kappa shape index (κ1) is 12.0. The van der Waals surface area contributed by atoms with Crippen molar-refractivity contribution in [3.63, 3.8) is 0 Å². The monoisotopic (exact) mass is 309 g/mol. The summed E-state index contributed by atoms with van der Waals surface area (Å²) in [7, 11) is 2.14. The van der Waals surface area contributed by atoms with Crippen LogP contribution >= 0.6 is 15.9 Å². The standard InChI is InChI=1S/C13H16BrN3O/c1-16-6-7-17-11(9-16)13(14)15-12(17)5-4-10-3-2-8-18-10/h2-3,8H,4-7,9H2,1H3. The van der Waals surface area contributed by atoms with Crippen LogP contribution in [-0.4, -0.2) is 28.0 Å². The van der Waals surface area contributed by atoms with E-state index in [1.807, 2.05) is 12.1 Å². The van der Waals surface area contributed by atoms with Crippen molar-refractivity contribution in [3.8, 4) is 0 Å². The lowest BCUT2D eigenvalue weighted by atomic mass is 10.2. The number of aryl methyl sites for hydroxylation is 2. The topological polar surface area (TPSA) is 34.2 Å². The van der Waals surface area contributed by atoms with Gasteiger partial charge in [0.25, 0.3) is 0 Å². The largest absolute Gasteiger partial charge is 0.469 e. The second-order valence-electron chi connectivity index (χ2n) is 4.73. The molecule has 2 aromatic rings. The van der Waals surface area contributed by atoms with Gasteiger partial charge in [0, 0.05) is 32.5 Å². The molecular weight excluding hydrogens is 294 g/mol. The summed E-state index contributed by atoms with van der Waals surface area (Å²) in [4.78, 5) is 6.95. The van der Waals surface area contributed by atoms with Crippen molar-refractivity contribution in [2.24, 2.45) is 0 Å². The van der Waals surface area contributed by atoms with E-state index in [0.29, 0.717) is 0 Å². The summed E-state index contributed by atoms with van der Waals surface area (Å²) >= 11 is 3.57. The van der Waals surface area contributed by atoms with Crippen LogP contribution in [0.4, 0.5) is 0 Å². The van der Waals surface area contributed by atoms with Gasteiger partial charge in [-0.3, -0.25) is 4.90 Å². The number of rotatable bonds is 3. The van der Waals surface area contributed by atoms with Crippen molar-refractivity contribution >= 4 is 15.9 Å². The van der Waals surface area contributed by atoms with Crippen LogP contribution < -0.4 is 0 Å². The summed E-state index contributed by atoms with van der Waals surface area (Å²) in [5.41, 5.74) is 1.29. The Labute approximate surface area is 115 Å². The molecule has 0 fully saturated rings. The quantitative estimate of drug-likeness (QED) is 0.873. The van der Waals surface area contributed by atoms with E-state index in [4.69, 9.17) is 4.42 Å². The van der Waals surface area contributed by atoms with E-state index in [-0.39, 0.29) is 0 Å². The van der Waals surface area contributed by atoms with Gasteiger partial charge in [0.2, 0.25) is 0 Å². The normalized spacial score (nSPS) is 15.9. The number of hydrogen-bond acceptors (Lipinski definition) is 3. The molecule has 0 saturated carbocycles. The molecule has 0 unspecified atom stereocenters. The highest BCUT2D eigenvalue weighted by atomic mass is 79.9. The summed E-state index contributed by atoms with van der Waals surface area (Å²) in [6.45, 7) is 3.08. The Balaban J connectivity index is 1.79. The molecule has 1 aliphatic rings. The third-order valence-corrected chi connectivity index (χ3v) is 4.04. The fraction of sp³-hybridized carbons (Fsp3) is 0.462. The van der Waals surface area contributed by atoms with E-state index >= 15 is 0 Å². The molecule has 0 saturated heterocycles. The first-order chi connectivity index (χ1) is 8.74. The Morgan fingerprint density at radius 1 is 1.39 bits per heavy atom. The van der Waals surface area contributed by atoms with Crippen molar-refractivity contribution in [2.45, 2.75) is 25.9 Å². The summed E-state index contributed by atoms with van der Waals surface area (Å²) in [6, 6.07) is 3.95. The van der Waals surface area contributed by atoms with E-state index in [2.05, 4.69) is 37.4 Å². The highest BCUT2D eigenvalue weighted by Crippen LogP contribution is 2.23. The van der Waals surface area contributed by atoms with Crippen LogP contribution in [0.2, 0.25) is 0 Å². The summed E-state index contributed by atoms with van der Waals surface area (Å²) in [6.07, 6.45) is 3.56. The van der Waals surface area contributed by atoms with Crippen LogP contribution in [0.5, 0.6) is 0 Å². The molecule has 1 aliphatic heterocycles. The van der Waals surface area contributed by atoms with Gasteiger partial charge in [0.05, 0.1) is 12.0 Å². The fourth-order valence-corrected chi connectivity index (χ4v) is 2.95. The number of likely N-dealkylation sites (N-methyl/N-ethyl adjacent to an activating group) is 1. The van der Waals surface area contributed by atoms with E-state index in [1.54, 1.807) is 6.26 Å². The molecule has 0 aliphatic carbocycles. The number of nitrogens with zero attached hydrogens (tertiary/aromatic N) is 3. The zero-order chi connectivity index (χ0) is 12.5. The van der Waals surface area contributed by atoms with Gasteiger partial charge in [-0.25, -0.2) is 4.98 Å². The molecule has 2 aromatic heterocycles. The number of fused-ring (bicyclic) bond motifs is 1. The predicted octanol–water partition coefficient (Wildman–Crippen LogP) is 2.47. The van der Waals surface area contributed by atoms with Crippen LogP contribution in [0.25, 0.3) is 0 Å². The minimum Gasteiger partial charge on any atom is -0.469 e. The van der Waals surface area contributed by atoms with Gasteiger partial charge in [-0.1, -0.05) is 0 Å². The van der Waals surface area contributed by atoms with Gasteiger partial charge < -0.3 is 8.98 Å². The molecular formula is C13H16BrN3O. The van der Waals surface area contributed by atoms with Crippen LogP contribution in [0.1, 0.15) is 17.3 Å². The molecule has 0 radical (unpaired) electrons. The minimum absolute atomic E-state index is 0.908. The molecule has 5 heteroatoms. The van der Waals surface area contributed by atoms with Crippen LogP contribution in [0, 0.1) is 0 Å². The predicted molar refractivity (Wildman–Crippen MR) is 72.4 cm³/mol. The van der Waals surface area contributed by atoms with Crippen molar-refractivity contribution in [2.75, 3.05) is 13.6 Å². The summed E-state index contributed by atoms with van der Waals surface area (Å²) in [5.74, 6) is 2.18. The second-order valence-corrected chi connectivity index (χ2v) is 5.49. The third-order valence-electron chi connectivity index (χ3n) is 3.40. The van der Waals surface area contributed by atoms with Gasteiger partial charge in [0.1, 0.15) is 16.2 Å². The number of hydrogen-bond donors (Lipinski definition) is 0. The molecule has 0 atom stereocenters. The Morgan fingerprint density at radius 2 is 2.28 bits per heavy atom. The average Bonchev–Trinajstić information content (AvgIpc) is 2.96. The van der Waals surface area contributed by atoms with E-state index in [0.717, 1.165) is 48.7 Å². The molecule has 0 N–H and O–H groups in total. The van der Waals surface area contributed by atoms with Gasteiger partial charge >= 0.3 is 0 Å². The Bertz CT molecular complexity index is 533. The van der Waals surface area contributed by atoms with Crippen molar-refractivity contribution in [1.82, 2.24) is 14.5 Å². The Morgan fingerprint density at radius 3 is 3.06 bits per heavy atom. The maximum Gasteiger partial charge on any atom is 0.128 e. The SMILES string of the molecule is CN1CCn2c(CCc3ccco3)nc(Br)c2C1. The highest BCUT2D eigenvalue weighted by molar-refractivity contribution is 9.10. The Kier molecular flexibility index (Phi) is 3.26. The average molecular weight is 310 g/mol. The van der Waals surface area contributed by atoms with Crippen LogP contribution in [-0.2, 0) is 25.9 Å². The third kappa shape index (κ3) is 2.24. The first-order valence-corrected chi connectivity index (χ1v) is 6.98. The number of aromatic nitrogens is 2. The first-order valence-electron chi connectivity index (χ1n) is 6.19. The lowest BCUT2D eigenvalue weighted by molar-refractivity contribution is 0.266. The lowest BCUT2D eigenvalue weighted by Crippen LogP contribution is -2.31. The zero-order valence-electron chi connectivity index (χ0n) is 10.4. The summed E-state index contributed by atoms with van der Waals surface area (Å²) in [5, 5.41) is 0. The van der Waals surface area contributed by atoms with Gasteiger partial charge in [-0.15, -0.1) is 0 Å². The lowest BCUT2D eigenvalue weighted by Gasteiger charge is -2.25. The molecule has 3 heterocycles. The molecule has 0 amide bonds. The maximum atomic E-state index is 5.37. The Hall–Kier alpha value is -1.07. The van der Waals surface area contributed by atoms with Crippen molar-refractivity contribution in [1.29, 1.82) is 0 Å². The molecule has 3 rings (SSSR count). The zero-order valence-corrected chi connectivity index (χ0v) is 12.0. The number of halogens is 1. The number of imidazole rings is 1.